The van der Waals surface area contributed by atoms with Crippen LogP contribution in [0.4, 0.5) is 5.95 Å². The number of anilines is 1. The van der Waals surface area contributed by atoms with Gasteiger partial charge in [0.15, 0.2) is 5.78 Å². The Labute approximate surface area is 189 Å². The SMILES string of the molecule is Cn1cc(CNCC2CCN(c3ncc(C(=O)CO)cn3)CC2)c2cc(I)ccc21. The van der Waals surface area contributed by atoms with Gasteiger partial charge in [-0.1, -0.05) is 0 Å². The number of fused-ring (bicyclic) bond motifs is 1. The molecule has 0 bridgehead atoms. The lowest BCUT2D eigenvalue weighted by Gasteiger charge is -2.32. The Morgan fingerprint density at radius 2 is 2.00 bits per heavy atom. The Morgan fingerprint density at radius 1 is 1.27 bits per heavy atom. The minimum absolute atomic E-state index is 0.350. The van der Waals surface area contributed by atoms with Crippen molar-refractivity contribution in [2.24, 2.45) is 13.0 Å². The normalized spacial score (nSPS) is 15.1. The number of aliphatic hydroxyl groups is 1. The number of aryl methyl sites for hydroxylation is 1. The number of ketones is 1. The number of aliphatic hydroxyl groups excluding tert-OH is 1. The van der Waals surface area contributed by atoms with Crippen LogP contribution < -0.4 is 10.2 Å². The van der Waals surface area contributed by atoms with Crippen LogP contribution in [0, 0.1) is 9.49 Å². The van der Waals surface area contributed by atoms with Gasteiger partial charge in [-0.3, -0.25) is 4.79 Å². The van der Waals surface area contributed by atoms with Crippen LogP contribution in [0.5, 0.6) is 0 Å². The number of aromatic nitrogens is 3. The lowest BCUT2D eigenvalue weighted by molar-refractivity contribution is 0.0903. The van der Waals surface area contributed by atoms with Gasteiger partial charge >= 0.3 is 0 Å². The summed E-state index contributed by atoms with van der Waals surface area (Å²) in [6, 6.07) is 6.59. The van der Waals surface area contributed by atoms with Crippen molar-refractivity contribution < 1.29 is 9.90 Å². The Morgan fingerprint density at radius 3 is 2.70 bits per heavy atom. The highest BCUT2D eigenvalue weighted by atomic mass is 127. The molecular weight excluding hydrogens is 493 g/mol. The van der Waals surface area contributed by atoms with Crippen molar-refractivity contribution in [1.29, 1.82) is 0 Å². The van der Waals surface area contributed by atoms with Crippen LogP contribution in [0.25, 0.3) is 10.9 Å². The average molecular weight is 519 g/mol. The van der Waals surface area contributed by atoms with Crippen LogP contribution in [0.1, 0.15) is 28.8 Å². The number of carbonyl (C=O) groups is 1. The molecule has 158 valence electrons. The molecule has 30 heavy (non-hydrogen) atoms. The minimum atomic E-state index is -0.515. The van der Waals surface area contributed by atoms with Crippen molar-refractivity contribution in [3.63, 3.8) is 0 Å². The molecular formula is C22H26IN5O2. The number of benzene rings is 1. The molecule has 8 heteroatoms. The molecule has 0 spiro atoms. The highest BCUT2D eigenvalue weighted by Gasteiger charge is 2.21. The van der Waals surface area contributed by atoms with Gasteiger partial charge in [-0.25, -0.2) is 9.97 Å². The van der Waals surface area contributed by atoms with Gasteiger partial charge in [0.25, 0.3) is 0 Å². The molecule has 4 rings (SSSR count). The molecule has 1 saturated heterocycles. The topological polar surface area (TPSA) is 83.3 Å². The zero-order valence-electron chi connectivity index (χ0n) is 17.0. The number of hydrogen-bond donors (Lipinski definition) is 2. The first-order valence-corrected chi connectivity index (χ1v) is 11.3. The monoisotopic (exact) mass is 519 g/mol. The Kier molecular flexibility index (Phi) is 6.64. The molecule has 2 aromatic heterocycles. The van der Waals surface area contributed by atoms with E-state index in [9.17, 15) is 4.79 Å². The van der Waals surface area contributed by atoms with Crippen molar-refractivity contribution in [3.05, 3.63) is 51.5 Å². The maximum Gasteiger partial charge on any atom is 0.225 e. The fraction of sp³-hybridized carbons (Fsp3) is 0.409. The molecule has 1 aliphatic rings. The number of nitrogens with zero attached hydrogens (tertiary/aromatic N) is 4. The van der Waals surface area contributed by atoms with Crippen molar-refractivity contribution in [3.8, 4) is 0 Å². The molecule has 1 aliphatic heterocycles. The summed E-state index contributed by atoms with van der Waals surface area (Å²) in [5.41, 5.74) is 2.96. The third-order valence-corrected chi connectivity index (χ3v) is 6.45. The van der Waals surface area contributed by atoms with Crippen LogP contribution in [-0.4, -0.2) is 51.7 Å². The summed E-state index contributed by atoms with van der Waals surface area (Å²) in [5.74, 6) is 0.931. The lowest BCUT2D eigenvalue weighted by atomic mass is 9.97. The Hall–Kier alpha value is -2.04. The lowest BCUT2D eigenvalue weighted by Crippen LogP contribution is -2.38. The Balaban J connectivity index is 1.27. The molecule has 0 amide bonds. The van der Waals surface area contributed by atoms with E-state index in [0.29, 0.717) is 17.4 Å². The fourth-order valence-corrected chi connectivity index (χ4v) is 4.55. The summed E-state index contributed by atoms with van der Waals surface area (Å²) in [7, 11) is 2.10. The van der Waals surface area contributed by atoms with E-state index in [1.54, 1.807) is 0 Å². The number of halogens is 1. The third kappa shape index (κ3) is 4.65. The highest BCUT2D eigenvalue weighted by Crippen LogP contribution is 2.24. The summed E-state index contributed by atoms with van der Waals surface area (Å²) >= 11 is 2.37. The van der Waals surface area contributed by atoms with Gasteiger partial charge in [0.05, 0.1) is 5.56 Å². The molecule has 2 N–H and O–H groups in total. The molecule has 0 radical (unpaired) electrons. The van der Waals surface area contributed by atoms with Crippen molar-refractivity contribution >= 4 is 45.2 Å². The van der Waals surface area contributed by atoms with Gasteiger partial charge in [-0.05, 0) is 71.7 Å². The molecule has 3 aromatic rings. The van der Waals surface area contributed by atoms with E-state index < -0.39 is 6.61 Å². The van der Waals surface area contributed by atoms with Crippen molar-refractivity contribution in [2.75, 3.05) is 31.1 Å². The summed E-state index contributed by atoms with van der Waals surface area (Å²) in [5, 5.41) is 13.9. The largest absolute Gasteiger partial charge is 0.388 e. The minimum Gasteiger partial charge on any atom is -0.388 e. The first-order valence-electron chi connectivity index (χ1n) is 10.2. The molecule has 0 aliphatic carbocycles. The van der Waals surface area contributed by atoms with E-state index in [1.165, 1.54) is 32.4 Å². The highest BCUT2D eigenvalue weighted by molar-refractivity contribution is 14.1. The predicted octanol–water partition coefficient (Wildman–Crippen LogP) is 2.75. The fourth-order valence-electron chi connectivity index (χ4n) is 4.05. The van der Waals surface area contributed by atoms with Gasteiger partial charge in [0.2, 0.25) is 5.95 Å². The molecule has 0 unspecified atom stereocenters. The molecule has 0 saturated carbocycles. The number of rotatable bonds is 7. The maximum atomic E-state index is 11.5. The molecule has 1 fully saturated rings. The zero-order valence-corrected chi connectivity index (χ0v) is 19.2. The van der Waals surface area contributed by atoms with Gasteiger partial charge in [0, 0.05) is 59.7 Å². The van der Waals surface area contributed by atoms with E-state index in [2.05, 4.69) is 78.8 Å². The second kappa shape index (κ2) is 9.40. The summed E-state index contributed by atoms with van der Waals surface area (Å²) in [4.78, 5) is 22.2. The molecule has 0 atom stereocenters. The second-order valence-corrected chi connectivity index (χ2v) is 9.09. The van der Waals surface area contributed by atoms with Crippen LogP contribution >= 0.6 is 22.6 Å². The third-order valence-electron chi connectivity index (χ3n) is 5.78. The van der Waals surface area contributed by atoms with E-state index in [0.717, 1.165) is 39.0 Å². The summed E-state index contributed by atoms with van der Waals surface area (Å²) in [6.07, 6.45) is 7.39. The molecule has 1 aromatic carbocycles. The van der Waals surface area contributed by atoms with E-state index in [-0.39, 0.29) is 5.78 Å². The standard InChI is InChI=1S/C22H26IN5O2/c1-27-13-17(19-8-18(23)2-3-20(19)27)10-24-9-15-4-6-28(7-5-15)22-25-11-16(12-26-22)21(30)14-29/h2-3,8,11-13,15,24,29H,4-7,9-10,14H2,1H3. The van der Waals surface area contributed by atoms with Gasteiger partial charge in [0.1, 0.15) is 6.61 Å². The first-order chi connectivity index (χ1) is 14.5. The Bertz CT molecular complexity index is 1030. The van der Waals surface area contributed by atoms with Crippen molar-refractivity contribution in [1.82, 2.24) is 19.9 Å². The quantitative estimate of drug-likeness (QED) is 0.369. The van der Waals surface area contributed by atoms with Gasteiger partial charge in [-0.2, -0.15) is 0 Å². The number of hydrogen-bond acceptors (Lipinski definition) is 6. The zero-order chi connectivity index (χ0) is 21.1. The summed E-state index contributed by atoms with van der Waals surface area (Å²) in [6.45, 7) is 3.18. The first kappa shape index (κ1) is 21.2. The average Bonchev–Trinajstić information content (AvgIpc) is 3.08. The van der Waals surface area contributed by atoms with E-state index in [4.69, 9.17) is 5.11 Å². The van der Waals surface area contributed by atoms with Crippen molar-refractivity contribution in [2.45, 2.75) is 19.4 Å². The number of piperidine rings is 1. The molecule has 7 nitrogen and oxygen atoms in total. The smallest absolute Gasteiger partial charge is 0.225 e. The predicted molar refractivity (Wildman–Crippen MR) is 126 cm³/mol. The number of carbonyl (C=O) groups excluding carboxylic acids is 1. The molecule has 3 heterocycles. The van der Waals surface area contributed by atoms with E-state index >= 15 is 0 Å². The van der Waals surface area contributed by atoms with Crippen LogP contribution in [0.2, 0.25) is 0 Å². The van der Waals surface area contributed by atoms with E-state index in [1.807, 2.05) is 0 Å². The maximum absolute atomic E-state index is 11.5. The van der Waals surface area contributed by atoms with Crippen LogP contribution in [-0.2, 0) is 13.6 Å². The second-order valence-electron chi connectivity index (χ2n) is 7.84. The van der Waals surface area contributed by atoms with Crippen LogP contribution in [0.15, 0.2) is 36.8 Å². The number of Topliss-reactive ketones (excluding diaryl/α,β-unsaturated/α-hetero) is 1. The number of nitrogens with one attached hydrogen (secondary N) is 1. The van der Waals surface area contributed by atoms with Gasteiger partial charge in [-0.15, -0.1) is 0 Å². The summed E-state index contributed by atoms with van der Waals surface area (Å²) < 4.78 is 3.45. The van der Waals surface area contributed by atoms with Crippen LogP contribution in [0.3, 0.4) is 0 Å². The van der Waals surface area contributed by atoms with Gasteiger partial charge < -0.3 is 19.9 Å².